The Morgan fingerprint density at radius 1 is 1.33 bits per heavy atom. The number of benzene rings is 1. The molecule has 0 saturated heterocycles. The van der Waals surface area contributed by atoms with Crippen molar-refractivity contribution in [3.05, 3.63) is 38.3 Å². The minimum atomic E-state index is -0.968. The summed E-state index contributed by atoms with van der Waals surface area (Å²) >= 11 is 3.02. The zero-order valence-corrected chi connectivity index (χ0v) is 10.8. The van der Waals surface area contributed by atoms with E-state index in [1.165, 1.54) is 18.2 Å². The van der Waals surface area contributed by atoms with Crippen molar-refractivity contribution in [2.45, 2.75) is 19.3 Å². The number of Topliss-reactive ketones (excluding diaryl/α,β-unsaturated/α-hetero) is 1. The fourth-order valence-corrected chi connectivity index (χ4v) is 1.76. The fourth-order valence-electron chi connectivity index (χ4n) is 1.37. The molecule has 0 radical (unpaired) electrons. The summed E-state index contributed by atoms with van der Waals surface area (Å²) in [5.74, 6) is -1.27. The van der Waals surface area contributed by atoms with Gasteiger partial charge in [0.05, 0.1) is 9.40 Å². The molecular formula is C11H10BrNO5. The van der Waals surface area contributed by atoms with Gasteiger partial charge in [-0.05, 0) is 34.5 Å². The van der Waals surface area contributed by atoms with Gasteiger partial charge < -0.3 is 5.11 Å². The van der Waals surface area contributed by atoms with Crippen LogP contribution in [0, 0.1) is 10.1 Å². The molecule has 0 unspecified atom stereocenters. The Morgan fingerprint density at radius 3 is 2.56 bits per heavy atom. The summed E-state index contributed by atoms with van der Waals surface area (Å²) in [7, 11) is 0. The molecule has 18 heavy (non-hydrogen) atoms. The van der Waals surface area contributed by atoms with E-state index in [0.717, 1.165) is 0 Å². The SMILES string of the molecule is O=C(O)CCCC(=O)c1ccc(Br)c([N+](=O)[O-])c1. The van der Waals surface area contributed by atoms with Crippen LogP contribution in [0.2, 0.25) is 0 Å². The highest BCUT2D eigenvalue weighted by Crippen LogP contribution is 2.26. The van der Waals surface area contributed by atoms with Crippen LogP contribution >= 0.6 is 15.9 Å². The smallest absolute Gasteiger partial charge is 0.303 e. The summed E-state index contributed by atoms with van der Waals surface area (Å²) < 4.78 is 0.301. The van der Waals surface area contributed by atoms with E-state index in [9.17, 15) is 19.7 Å². The molecule has 0 fully saturated rings. The molecule has 0 saturated carbocycles. The van der Waals surface area contributed by atoms with E-state index >= 15 is 0 Å². The fraction of sp³-hybridized carbons (Fsp3) is 0.273. The van der Waals surface area contributed by atoms with E-state index in [4.69, 9.17) is 5.11 Å². The number of aliphatic carboxylic acids is 1. The van der Waals surface area contributed by atoms with E-state index in [0.29, 0.717) is 4.47 Å². The van der Waals surface area contributed by atoms with Crippen molar-refractivity contribution in [1.29, 1.82) is 0 Å². The number of nitrogens with zero attached hydrogens (tertiary/aromatic N) is 1. The molecule has 0 bridgehead atoms. The van der Waals surface area contributed by atoms with Gasteiger partial charge in [-0.25, -0.2) is 0 Å². The van der Waals surface area contributed by atoms with E-state index in [1.807, 2.05) is 0 Å². The molecule has 1 aromatic rings. The highest BCUT2D eigenvalue weighted by atomic mass is 79.9. The molecule has 0 amide bonds. The number of ketones is 1. The monoisotopic (exact) mass is 315 g/mol. The number of carboxylic acids is 1. The molecular weight excluding hydrogens is 306 g/mol. The van der Waals surface area contributed by atoms with Crippen LogP contribution in [-0.4, -0.2) is 21.8 Å². The van der Waals surface area contributed by atoms with Gasteiger partial charge in [0.15, 0.2) is 5.78 Å². The molecule has 1 rings (SSSR count). The van der Waals surface area contributed by atoms with Crippen molar-refractivity contribution in [1.82, 2.24) is 0 Å². The summed E-state index contributed by atoms with van der Waals surface area (Å²) in [4.78, 5) is 32.1. The van der Waals surface area contributed by atoms with E-state index in [2.05, 4.69) is 15.9 Å². The lowest BCUT2D eigenvalue weighted by atomic mass is 10.1. The van der Waals surface area contributed by atoms with Crippen molar-refractivity contribution in [2.75, 3.05) is 0 Å². The van der Waals surface area contributed by atoms with Crippen LogP contribution in [0.4, 0.5) is 5.69 Å². The topological polar surface area (TPSA) is 97.5 Å². The number of nitro groups is 1. The predicted molar refractivity (Wildman–Crippen MR) is 66.6 cm³/mol. The van der Waals surface area contributed by atoms with Gasteiger partial charge in [-0.2, -0.15) is 0 Å². The Kier molecular flexibility index (Phi) is 4.96. The number of halogens is 1. The number of hydrogen-bond donors (Lipinski definition) is 1. The van der Waals surface area contributed by atoms with Crippen LogP contribution in [0.1, 0.15) is 29.6 Å². The van der Waals surface area contributed by atoms with Crippen LogP contribution in [0.15, 0.2) is 22.7 Å². The zero-order valence-electron chi connectivity index (χ0n) is 9.26. The zero-order chi connectivity index (χ0) is 13.7. The van der Waals surface area contributed by atoms with Crippen molar-refractivity contribution < 1.29 is 19.6 Å². The number of nitro benzene ring substituents is 1. The molecule has 0 aliphatic carbocycles. The molecule has 1 aromatic carbocycles. The minimum Gasteiger partial charge on any atom is -0.481 e. The van der Waals surface area contributed by atoms with Crippen LogP contribution in [0.3, 0.4) is 0 Å². The van der Waals surface area contributed by atoms with Gasteiger partial charge in [0.1, 0.15) is 0 Å². The molecule has 96 valence electrons. The van der Waals surface area contributed by atoms with E-state index in [1.54, 1.807) is 0 Å². The number of carbonyl (C=O) groups is 2. The van der Waals surface area contributed by atoms with E-state index in [-0.39, 0.29) is 36.3 Å². The molecule has 0 atom stereocenters. The third kappa shape index (κ3) is 3.92. The number of carboxylic acid groups (broad SMARTS) is 1. The third-order valence-corrected chi connectivity index (χ3v) is 2.93. The molecule has 0 aliphatic rings. The Balaban J connectivity index is 2.77. The normalized spacial score (nSPS) is 10.1. The second-order valence-electron chi connectivity index (χ2n) is 3.59. The van der Waals surface area contributed by atoms with Crippen LogP contribution in [0.25, 0.3) is 0 Å². The van der Waals surface area contributed by atoms with Gasteiger partial charge >= 0.3 is 5.97 Å². The van der Waals surface area contributed by atoms with E-state index < -0.39 is 10.9 Å². The summed E-state index contributed by atoms with van der Waals surface area (Å²) in [6, 6.07) is 4.09. The number of rotatable bonds is 6. The summed E-state index contributed by atoms with van der Waals surface area (Å²) in [6.45, 7) is 0. The molecule has 6 nitrogen and oxygen atoms in total. The molecule has 0 heterocycles. The first-order valence-electron chi connectivity index (χ1n) is 5.10. The first-order chi connectivity index (χ1) is 8.41. The Morgan fingerprint density at radius 2 is 2.00 bits per heavy atom. The van der Waals surface area contributed by atoms with Crippen molar-refractivity contribution in [2.24, 2.45) is 0 Å². The average Bonchev–Trinajstić information content (AvgIpc) is 2.28. The highest BCUT2D eigenvalue weighted by Gasteiger charge is 2.15. The van der Waals surface area contributed by atoms with Gasteiger partial charge in [0.2, 0.25) is 0 Å². The predicted octanol–water partition coefficient (Wildman–Crippen LogP) is 2.79. The second kappa shape index (κ2) is 6.25. The van der Waals surface area contributed by atoms with Crippen LogP contribution < -0.4 is 0 Å². The first-order valence-corrected chi connectivity index (χ1v) is 5.90. The lowest BCUT2D eigenvalue weighted by Crippen LogP contribution is -2.02. The largest absolute Gasteiger partial charge is 0.481 e. The Labute approximate surface area is 111 Å². The summed E-state index contributed by atoms with van der Waals surface area (Å²) in [6.07, 6.45) is 0.188. The molecule has 0 aromatic heterocycles. The maximum absolute atomic E-state index is 11.7. The second-order valence-corrected chi connectivity index (χ2v) is 4.45. The summed E-state index contributed by atoms with van der Waals surface area (Å²) in [5.41, 5.74) is 0.0365. The van der Waals surface area contributed by atoms with Crippen molar-refractivity contribution in [3.63, 3.8) is 0 Å². The van der Waals surface area contributed by atoms with Gasteiger partial charge in [0.25, 0.3) is 5.69 Å². The quantitative estimate of drug-likeness (QED) is 0.494. The Hall–Kier alpha value is -1.76. The Bertz CT molecular complexity index is 500. The number of carbonyl (C=O) groups excluding carboxylic acids is 1. The summed E-state index contributed by atoms with van der Waals surface area (Å²) in [5, 5.41) is 19.1. The maximum atomic E-state index is 11.7. The van der Waals surface area contributed by atoms with Gasteiger partial charge in [-0.15, -0.1) is 0 Å². The molecule has 7 heteroatoms. The number of hydrogen-bond acceptors (Lipinski definition) is 4. The highest BCUT2D eigenvalue weighted by molar-refractivity contribution is 9.10. The van der Waals surface area contributed by atoms with Crippen molar-refractivity contribution in [3.8, 4) is 0 Å². The lowest BCUT2D eigenvalue weighted by molar-refractivity contribution is -0.385. The van der Waals surface area contributed by atoms with Gasteiger partial charge in [-0.1, -0.05) is 0 Å². The molecule has 0 aliphatic heterocycles. The van der Waals surface area contributed by atoms with Gasteiger partial charge in [-0.3, -0.25) is 19.7 Å². The van der Waals surface area contributed by atoms with Gasteiger partial charge in [0, 0.05) is 24.5 Å². The minimum absolute atomic E-state index is 0.0606. The van der Waals surface area contributed by atoms with Crippen LogP contribution in [0.5, 0.6) is 0 Å². The molecule has 1 N–H and O–H groups in total. The van der Waals surface area contributed by atoms with Crippen LogP contribution in [-0.2, 0) is 4.79 Å². The molecule has 0 spiro atoms. The standard InChI is InChI=1S/C11H10BrNO5/c12-8-5-4-7(6-9(8)13(17)18)10(14)2-1-3-11(15)16/h4-6H,1-3H2,(H,15,16). The first kappa shape index (κ1) is 14.3. The maximum Gasteiger partial charge on any atom is 0.303 e. The third-order valence-electron chi connectivity index (χ3n) is 2.26. The lowest BCUT2D eigenvalue weighted by Gasteiger charge is -2.01. The van der Waals surface area contributed by atoms with Crippen molar-refractivity contribution >= 4 is 33.4 Å². The average molecular weight is 316 g/mol.